The summed E-state index contributed by atoms with van der Waals surface area (Å²) < 4.78 is 2.68. The van der Waals surface area contributed by atoms with Gasteiger partial charge in [0, 0.05) is 13.6 Å². The molecule has 0 aliphatic rings. The molecular formula is C13H17N7O2. The second-order valence-electron chi connectivity index (χ2n) is 4.46. The average molecular weight is 303 g/mol. The van der Waals surface area contributed by atoms with E-state index >= 15 is 0 Å². The van der Waals surface area contributed by atoms with Gasteiger partial charge in [-0.3, -0.25) is 13.9 Å². The van der Waals surface area contributed by atoms with Gasteiger partial charge in [0.2, 0.25) is 0 Å². The van der Waals surface area contributed by atoms with E-state index in [1.54, 1.807) is 12.4 Å². The molecule has 2 rings (SSSR count). The Morgan fingerprint density at radius 2 is 2.00 bits per heavy atom. The highest BCUT2D eigenvalue weighted by Gasteiger charge is 2.11. The summed E-state index contributed by atoms with van der Waals surface area (Å²) >= 11 is 0. The third-order valence-electron chi connectivity index (χ3n) is 3.01. The molecule has 0 aromatic carbocycles. The lowest BCUT2D eigenvalue weighted by Crippen LogP contribution is -2.39. The van der Waals surface area contributed by atoms with Crippen LogP contribution in [0, 0.1) is 22.9 Å². The summed E-state index contributed by atoms with van der Waals surface area (Å²) in [5.41, 5.74) is 0.220. The van der Waals surface area contributed by atoms with Crippen LogP contribution >= 0.6 is 0 Å². The third-order valence-corrected chi connectivity index (χ3v) is 3.01. The standard InChI is InChI=1S/C11H16N4O2.C2HN3/c1-3-4-5-6-15-10(16)8-9(13-7-12-8)14(2)11(15)17;3-1-5-2-4/h7H,3-6H2,1-2H3,(H,12,13);5H. The van der Waals surface area contributed by atoms with Crippen molar-refractivity contribution in [3.63, 3.8) is 0 Å². The summed E-state index contributed by atoms with van der Waals surface area (Å²) in [6.45, 7) is 2.55. The number of hydrogen-bond acceptors (Lipinski definition) is 6. The van der Waals surface area contributed by atoms with Crippen molar-refractivity contribution in [3.05, 3.63) is 27.2 Å². The van der Waals surface area contributed by atoms with Crippen molar-refractivity contribution in [2.75, 3.05) is 0 Å². The quantitative estimate of drug-likeness (QED) is 0.469. The normalized spacial score (nSPS) is 9.45. The fraction of sp³-hybridized carbons (Fsp3) is 0.462. The number of rotatable bonds is 4. The Morgan fingerprint density at radius 3 is 2.55 bits per heavy atom. The third kappa shape index (κ3) is 3.73. The maximum absolute atomic E-state index is 12.0. The highest BCUT2D eigenvalue weighted by molar-refractivity contribution is 5.68. The van der Waals surface area contributed by atoms with Gasteiger partial charge in [0.05, 0.1) is 6.33 Å². The first-order valence-corrected chi connectivity index (χ1v) is 6.74. The van der Waals surface area contributed by atoms with Crippen molar-refractivity contribution in [2.24, 2.45) is 7.05 Å². The number of imidazole rings is 1. The minimum Gasteiger partial charge on any atom is -0.339 e. The molecule has 0 fully saturated rings. The molecule has 9 heteroatoms. The molecule has 2 aromatic rings. The van der Waals surface area contributed by atoms with Crippen LogP contribution in [0.3, 0.4) is 0 Å². The van der Waals surface area contributed by atoms with Crippen molar-refractivity contribution < 1.29 is 0 Å². The lowest BCUT2D eigenvalue weighted by atomic mass is 10.2. The molecule has 2 aromatic heterocycles. The lowest BCUT2D eigenvalue weighted by molar-refractivity contribution is 0.550. The molecule has 2 heterocycles. The molecule has 0 aliphatic heterocycles. The molecule has 0 bridgehead atoms. The number of aromatic amines is 1. The Hall–Kier alpha value is -3.07. The first-order valence-electron chi connectivity index (χ1n) is 6.74. The topological polar surface area (TPSA) is 132 Å². The Bertz CT molecular complexity index is 804. The molecule has 0 atom stereocenters. The van der Waals surface area contributed by atoms with Gasteiger partial charge in [-0.2, -0.15) is 10.5 Å². The number of aromatic nitrogens is 4. The number of H-pyrrole nitrogens is 1. The Morgan fingerprint density at radius 1 is 1.32 bits per heavy atom. The van der Waals surface area contributed by atoms with Crippen molar-refractivity contribution in [2.45, 2.75) is 32.7 Å². The zero-order valence-electron chi connectivity index (χ0n) is 12.5. The van der Waals surface area contributed by atoms with Gasteiger partial charge < -0.3 is 4.98 Å². The maximum Gasteiger partial charge on any atom is 0.332 e. The first-order chi connectivity index (χ1) is 10.6. The molecule has 0 saturated carbocycles. The van der Waals surface area contributed by atoms with E-state index in [1.165, 1.54) is 27.8 Å². The molecule has 9 nitrogen and oxygen atoms in total. The number of fused-ring (bicyclic) bond motifs is 1. The Labute approximate surface area is 126 Å². The molecule has 0 spiro atoms. The average Bonchev–Trinajstić information content (AvgIpc) is 3.00. The molecule has 0 saturated heterocycles. The van der Waals surface area contributed by atoms with Crippen LogP contribution in [-0.2, 0) is 13.6 Å². The van der Waals surface area contributed by atoms with E-state index in [1.807, 2.05) is 0 Å². The summed E-state index contributed by atoms with van der Waals surface area (Å²) in [7, 11) is 1.63. The second kappa shape index (κ2) is 8.27. The highest BCUT2D eigenvalue weighted by atomic mass is 16.2. The number of nitrogens with one attached hydrogen (secondary N) is 2. The zero-order valence-corrected chi connectivity index (χ0v) is 12.5. The summed E-state index contributed by atoms with van der Waals surface area (Å²) in [5, 5.41) is 16.7. The minimum absolute atomic E-state index is 0.281. The van der Waals surface area contributed by atoms with Crippen LogP contribution in [0.25, 0.3) is 11.2 Å². The fourth-order valence-electron chi connectivity index (χ4n) is 1.93. The summed E-state index contributed by atoms with van der Waals surface area (Å²) in [4.78, 5) is 30.8. The van der Waals surface area contributed by atoms with E-state index in [0.29, 0.717) is 17.7 Å². The molecule has 0 amide bonds. The first kappa shape index (κ1) is 17.0. The molecule has 116 valence electrons. The monoisotopic (exact) mass is 303 g/mol. The maximum atomic E-state index is 12.0. The van der Waals surface area contributed by atoms with Crippen molar-refractivity contribution in [3.8, 4) is 12.4 Å². The number of nitriles is 2. The highest BCUT2D eigenvalue weighted by Crippen LogP contribution is 2.00. The van der Waals surface area contributed by atoms with Crippen LogP contribution < -0.4 is 16.6 Å². The van der Waals surface area contributed by atoms with E-state index in [9.17, 15) is 9.59 Å². The Kier molecular flexibility index (Phi) is 6.38. The van der Waals surface area contributed by atoms with E-state index in [4.69, 9.17) is 10.5 Å². The van der Waals surface area contributed by atoms with Crippen LogP contribution in [-0.4, -0.2) is 19.1 Å². The number of aryl methyl sites for hydroxylation is 1. The second-order valence-corrected chi connectivity index (χ2v) is 4.46. The Balaban J connectivity index is 0.000000422. The SMILES string of the molecule is CCCCCn1c(=O)c2[nH]cnc2n(C)c1=O.N#CNC#N. The van der Waals surface area contributed by atoms with Gasteiger partial charge in [-0.05, 0) is 6.42 Å². The minimum atomic E-state index is -0.300. The van der Waals surface area contributed by atoms with E-state index in [0.717, 1.165) is 19.3 Å². The molecular weight excluding hydrogens is 286 g/mol. The van der Waals surface area contributed by atoms with Gasteiger partial charge in [-0.1, -0.05) is 19.8 Å². The molecule has 22 heavy (non-hydrogen) atoms. The summed E-state index contributed by atoms with van der Waals surface area (Å²) in [6.07, 6.45) is 7.15. The van der Waals surface area contributed by atoms with Gasteiger partial charge >= 0.3 is 5.69 Å². The van der Waals surface area contributed by atoms with Gasteiger partial charge in [0.1, 0.15) is 5.52 Å². The van der Waals surface area contributed by atoms with Crippen molar-refractivity contribution in [1.29, 1.82) is 10.5 Å². The van der Waals surface area contributed by atoms with Gasteiger partial charge in [0.15, 0.2) is 18.0 Å². The van der Waals surface area contributed by atoms with Crippen molar-refractivity contribution in [1.82, 2.24) is 24.4 Å². The predicted molar refractivity (Wildman–Crippen MR) is 79.5 cm³/mol. The fourth-order valence-corrected chi connectivity index (χ4v) is 1.93. The van der Waals surface area contributed by atoms with Crippen molar-refractivity contribution >= 4 is 11.2 Å². The number of hydrogen-bond donors (Lipinski definition) is 2. The number of unbranched alkanes of at least 4 members (excludes halogenated alkanes) is 2. The van der Waals surface area contributed by atoms with Gasteiger partial charge in [0.25, 0.3) is 5.56 Å². The molecule has 0 unspecified atom stereocenters. The molecule has 0 aliphatic carbocycles. The zero-order chi connectivity index (χ0) is 16.5. The van der Waals surface area contributed by atoms with E-state index in [2.05, 4.69) is 16.9 Å². The predicted octanol–water partition coefficient (Wildman–Crippen LogP) is 0.152. The summed E-state index contributed by atoms with van der Waals surface area (Å²) in [5.74, 6) is 0. The van der Waals surface area contributed by atoms with Gasteiger partial charge in [-0.25, -0.2) is 15.1 Å². The van der Waals surface area contributed by atoms with Crippen LogP contribution in [0.4, 0.5) is 0 Å². The summed E-state index contributed by atoms with van der Waals surface area (Å²) in [6, 6.07) is 0. The largest absolute Gasteiger partial charge is 0.339 e. The van der Waals surface area contributed by atoms with Crippen LogP contribution in [0.1, 0.15) is 26.2 Å². The van der Waals surface area contributed by atoms with Crippen LogP contribution in [0.15, 0.2) is 15.9 Å². The lowest BCUT2D eigenvalue weighted by Gasteiger charge is -2.06. The molecule has 2 N–H and O–H groups in total. The van der Waals surface area contributed by atoms with Gasteiger partial charge in [-0.15, -0.1) is 0 Å². The van der Waals surface area contributed by atoms with Crippen LogP contribution in [0.5, 0.6) is 0 Å². The van der Waals surface area contributed by atoms with E-state index in [-0.39, 0.29) is 11.2 Å². The van der Waals surface area contributed by atoms with E-state index < -0.39 is 0 Å². The smallest absolute Gasteiger partial charge is 0.332 e. The van der Waals surface area contributed by atoms with Crippen LogP contribution in [0.2, 0.25) is 0 Å². The molecule has 0 radical (unpaired) electrons. The number of nitrogens with zero attached hydrogens (tertiary/aromatic N) is 5.